The topological polar surface area (TPSA) is 157 Å². The van der Waals surface area contributed by atoms with Gasteiger partial charge in [-0.15, -0.1) is 0 Å². The minimum Gasteiger partial charge on any atom is -0.372 e. The van der Waals surface area contributed by atoms with Crippen LogP contribution < -0.4 is 17.2 Å². The SMILES string of the molecule is NCC(=O)OP(=S)(OC(=O)CN)OC(=O)CN. The Balaban J connectivity index is 4.80. The van der Waals surface area contributed by atoms with Crippen molar-refractivity contribution in [1.82, 2.24) is 0 Å². The first-order valence-corrected chi connectivity index (χ1v) is 6.80. The molecule has 0 bridgehead atoms. The van der Waals surface area contributed by atoms with Crippen LogP contribution in [0.3, 0.4) is 0 Å². The molecule has 0 aromatic carbocycles. The van der Waals surface area contributed by atoms with Gasteiger partial charge in [0.05, 0.1) is 19.6 Å². The van der Waals surface area contributed by atoms with E-state index < -0.39 is 44.3 Å². The van der Waals surface area contributed by atoms with Gasteiger partial charge < -0.3 is 30.8 Å². The van der Waals surface area contributed by atoms with E-state index in [2.05, 4.69) is 25.4 Å². The maximum absolute atomic E-state index is 10.9. The number of rotatable bonds is 6. The van der Waals surface area contributed by atoms with E-state index in [1.807, 2.05) is 0 Å². The molecule has 0 amide bonds. The average molecular weight is 285 g/mol. The Morgan fingerprint density at radius 3 is 1.24 bits per heavy atom. The van der Waals surface area contributed by atoms with Crippen LogP contribution in [0.2, 0.25) is 0 Å². The Kier molecular flexibility index (Phi) is 6.85. The third-order valence-corrected chi connectivity index (χ3v) is 3.09. The molecule has 0 spiro atoms. The van der Waals surface area contributed by atoms with E-state index in [1.165, 1.54) is 0 Å². The van der Waals surface area contributed by atoms with Crippen LogP contribution in [-0.4, -0.2) is 37.5 Å². The molecular weight excluding hydrogens is 273 g/mol. The van der Waals surface area contributed by atoms with Crippen LogP contribution in [-0.2, 0) is 39.8 Å². The highest BCUT2D eigenvalue weighted by Crippen LogP contribution is 2.50. The summed E-state index contributed by atoms with van der Waals surface area (Å²) in [5.41, 5.74) is 14.9. The molecule has 0 aromatic heterocycles. The number of nitrogens with two attached hydrogens (primary N) is 3. The van der Waals surface area contributed by atoms with Crippen molar-refractivity contribution >= 4 is 36.4 Å². The molecule has 0 aliphatic heterocycles. The lowest BCUT2D eigenvalue weighted by Crippen LogP contribution is -2.23. The van der Waals surface area contributed by atoms with Crippen molar-refractivity contribution in [3.8, 4) is 0 Å². The van der Waals surface area contributed by atoms with Crippen LogP contribution in [0.15, 0.2) is 0 Å². The number of carbonyl (C=O) groups is 3. The number of hydrogen-bond donors (Lipinski definition) is 3. The molecule has 0 aliphatic carbocycles. The van der Waals surface area contributed by atoms with Gasteiger partial charge in [0.25, 0.3) is 0 Å². The Morgan fingerprint density at radius 1 is 0.824 bits per heavy atom. The second kappa shape index (κ2) is 7.30. The fourth-order valence-electron chi connectivity index (χ4n) is 0.542. The average Bonchev–Trinajstić information content (AvgIpc) is 2.27. The first-order valence-electron chi connectivity index (χ1n) is 4.24. The van der Waals surface area contributed by atoms with Gasteiger partial charge in [-0.05, 0) is 0 Å². The molecule has 0 aliphatic rings. The Bertz CT molecular complexity index is 309. The summed E-state index contributed by atoms with van der Waals surface area (Å²) < 4.78 is 13.5. The predicted molar refractivity (Wildman–Crippen MR) is 59.7 cm³/mol. The zero-order valence-corrected chi connectivity index (χ0v) is 10.4. The summed E-state index contributed by atoms with van der Waals surface area (Å²) in [6.07, 6.45) is 0. The first kappa shape index (κ1) is 15.9. The van der Waals surface area contributed by atoms with Crippen LogP contribution in [0, 0.1) is 0 Å². The molecule has 0 atom stereocenters. The van der Waals surface area contributed by atoms with E-state index >= 15 is 0 Å². The molecule has 0 saturated heterocycles. The summed E-state index contributed by atoms with van der Waals surface area (Å²) in [6, 6.07) is 0. The molecular formula is C6H12N3O6PS. The van der Waals surface area contributed by atoms with Gasteiger partial charge in [0.2, 0.25) is 0 Å². The normalized spacial score (nSPS) is 10.5. The largest absolute Gasteiger partial charge is 0.497 e. The lowest BCUT2D eigenvalue weighted by molar-refractivity contribution is -0.140. The second-order valence-corrected chi connectivity index (χ2v) is 5.23. The van der Waals surface area contributed by atoms with E-state index in [9.17, 15) is 14.4 Å². The van der Waals surface area contributed by atoms with Crippen molar-refractivity contribution in [2.24, 2.45) is 17.2 Å². The summed E-state index contributed by atoms with van der Waals surface area (Å²) >= 11 is 4.64. The van der Waals surface area contributed by atoms with Gasteiger partial charge in [-0.2, -0.15) is 0 Å². The zero-order chi connectivity index (χ0) is 13.5. The van der Waals surface area contributed by atoms with E-state index in [0.717, 1.165) is 0 Å². The Labute approximate surface area is 102 Å². The van der Waals surface area contributed by atoms with Gasteiger partial charge in [0.1, 0.15) is 0 Å². The van der Waals surface area contributed by atoms with Gasteiger partial charge in [0, 0.05) is 11.8 Å². The lowest BCUT2D eigenvalue weighted by Gasteiger charge is -2.19. The van der Waals surface area contributed by atoms with Gasteiger partial charge in [-0.25, -0.2) is 0 Å². The molecule has 17 heavy (non-hydrogen) atoms. The molecule has 0 aromatic rings. The molecule has 0 saturated carbocycles. The zero-order valence-electron chi connectivity index (χ0n) is 8.66. The van der Waals surface area contributed by atoms with Gasteiger partial charge in [-0.1, -0.05) is 0 Å². The van der Waals surface area contributed by atoms with Crippen molar-refractivity contribution in [3.63, 3.8) is 0 Å². The summed E-state index contributed by atoms with van der Waals surface area (Å²) in [4.78, 5) is 32.8. The van der Waals surface area contributed by atoms with E-state index in [4.69, 9.17) is 17.2 Å². The third-order valence-electron chi connectivity index (χ3n) is 1.14. The minimum atomic E-state index is -3.89. The lowest BCUT2D eigenvalue weighted by atomic mass is 10.7. The van der Waals surface area contributed by atoms with Gasteiger partial charge in [-0.3, -0.25) is 14.4 Å². The molecule has 0 radical (unpaired) electrons. The van der Waals surface area contributed by atoms with E-state index in [-0.39, 0.29) is 0 Å². The highest BCUT2D eigenvalue weighted by Gasteiger charge is 2.32. The van der Waals surface area contributed by atoms with Crippen molar-refractivity contribution in [2.45, 2.75) is 0 Å². The monoisotopic (exact) mass is 285 g/mol. The highest BCUT2D eigenvalue weighted by atomic mass is 32.5. The van der Waals surface area contributed by atoms with Crippen molar-refractivity contribution in [1.29, 1.82) is 0 Å². The molecule has 6 N–H and O–H groups in total. The highest BCUT2D eigenvalue weighted by molar-refractivity contribution is 8.08. The van der Waals surface area contributed by atoms with Crippen LogP contribution in [0.25, 0.3) is 0 Å². The molecule has 0 rings (SSSR count). The maximum atomic E-state index is 10.9. The van der Waals surface area contributed by atoms with Gasteiger partial charge in [0.15, 0.2) is 0 Å². The first-order chi connectivity index (χ1) is 7.86. The van der Waals surface area contributed by atoms with Gasteiger partial charge >= 0.3 is 24.6 Å². The van der Waals surface area contributed by atoms with Crippen molar-refractivity contribution < 1.29 is 28.0 Å². The molecule has 0 heterocycles. The molecule has 11 heteroatoms. The maximum Gasteiger partial charge on any atom is 0.497 e. The van der Waals surface area contributed by atoms with E-state index in [1.54, 1.807) is 0 Å². The smallest absolute Gasteiger partial charge is 0.372 e. The summed E-state index contributed by atoms with van der Waals surface area (Å²) in [5, 5.41) is 0. The Hall–Kier alpha value is -1.06. The molecule has 0 unspecified atom stereocenters. The van der Waals surface area contributed by atoms with Crippen LogP contribution in [0.1, 0.15) is 0 Å². The molecule has 9 nitrogen and oxygen atoms in total. The van der Waals surface area contributed by atoms with E-state index in [0.29, 0.717) is 0 Å². The minimum absolute atomic E-state index is 0.515. The quantitative estimate of drug-likeness (QED) is 0.454. The second-order valence-electron chi connectivity index (χ2n) is 2.45. The fourth-order valence-corrected chi connectivity index (χ4v) is 2.37. The summed E-state index contributed by atoms with van der Waals surface area (Å²) in [6.45, 7) is -5.44. The van der Waals surface area contributed by atoms with Crippen LogP contribution in [0.4, 0.5) is 0 Å². The molecule has 0 fully saturated rings. The number of hydrogen-bond acceptors (Lipinski definition) is 10. The third kappa shape index (κ3) is 6.29. The van der Waals surface area contributed by atoms with Crippen molar-refractivity contribution in [2.75, 3.05) is 19.6 Å². The van der Waals surface area contributed by atoms with Crippen molar-refractivity contribution in [3.05, 3.63) is 0 Å². The van der Waals surface area contributed by atoms with Crippen LogP contribution >= 0.6 is 6.72 Å². The number of carbonyl (C=O) groups excluding carboxylic acids is 3. The predicted octanol–water partition coefficient (Wildman–Crippen LogP) is -2.28. The fraction of sp³-hybridized carbons (Fsp3) is 0.500. The Morgan fingerprint density at radius 2 is 1.06 bits per heavy atom. The standard InChI is InChI=1S/C6H12N3O6PS/c7-1-4(10)13-16(17,14-5(11)2-8)15-6(12)3-9/h1-3,7-9H2. The summed E-state index contributed by atoms with van der Waals surface area (Å²) in [5.74, 6) is -2.95. The van der Waals surface area contributed by atoms with Crippen LogP contribution in [0.5, 0.6) is 0 Å². The molecule has 98 valence electrons. The summed E-state index contributed by atoms with van der Waals surface area (Å²) in [7, 11) is 0.